The smallest absolute Gasteiger partial charge is 0.249 e. The number of hydrogen-bond acceptors (Lipinski definition) is 4. The minimum atomic E-state index is -0.201. The summed E-state index contributed by atoms with van der Waals surface area (Å²) in [5.41, 5.74) is 3.98. The Hall–Kier alpha value is -1.53. The highest BCUT2D eigenvalue weighted by Crippen LogP contribution is 2.32. The maximum absolute atomic E-state index is 12.5. The molecule has 2 heterocycles. The molecule has 2 aliphatic rings. The monoisotopic (exact) mass is 277 g/mol. The first kappa shape index (κ1) is 12.5. The Balaban J connectivity index is 1.89. The Bertz CT molecular complexity index is 508. The van der Waals surface area contributed by atoms with Gasteiger partial charge in [-0.2, -0.15) is 0 Å². The van der Waals surface area contributed by atoms with E-state index in [1.54, 1.807) is 5.01 Å². The summed E-state index contributed by atoms with van der Waals surface area (Å²) in [6.07, 6.45) is 2.25. The van der Waals surface area contributed by atoms with Crippen LogP contribution < -0.4 is 15.8 Å². The molecule has 5 nitrogen and oxygen atoms in total. The lowest BCUT2D eigenvalue weighted by Crippen LogP contribution is -2.52. The number of anilines is 1. The minimum absolute atomic E-state index is 0.00388. The maximum atomic E-state index is 12.5. The van der Waals surface area contributed by atoms with E-state index in [1.165, 1.54) is 11.8 Å². The highest BCUT2D eigenvalue weighted by atomic mass is 32.2. The van der Waals surface area contributed by atoms with Crippen LogP contribution in [-0.4, -0.2) is 29.5 Å². The van der Waals surface area contributed by atoms with Crippen LogP contribution in [-0.2, 0) is 9.59 Å². The number of fused-ring (bicyclic) bond motifs is 1. The van der Waals surface area contributed by atoms with Gasteiger partial charge in [0.1, 0.15) is 0 Å². The third kappa shape index (κ3) is 2.11. The minimum Gasteiger partial charge on any atom is -0.343 e. The lowest BCUT2D eigenvalue weighted by atomic mass is 9.94. The number of hydrazine groups is 1. The molecule has 0 radical (unpaired) electrons. The number of amides is 2. The number of para-hydroxylation sites is 1. The number of benzene rings is 1. The van der Waals surface area contributed by atoms with Crippen molar-refractivity contribution in [3.63, 3.8) is 0 Å². The van der Waals surface area contributed by atoms with Crippen molar-refractivity contribution in [2.45, 2.75) is 17.8 Å². The molecule has 0 spiro atoms. The molecule has 1 aromatic carbocycles. The predicted octanol–water partition coefficient (Wildman–Crippen LogP) is 0.732. The summed E-state index contributed by atoms with van der Waals surface area (Å²) in [6.45, 7) is 0. The van der Waals surface area contributed by atoms with Gasteiger partial charge < -0.3 is 5.32 Å². The van der Waals surface area contributed by atoms with Crippen LogP contribution in [0.5, 0.6) is 0 Å². The third-order valence-corrected chi connectivity index (χ3v) is 4.46. The van der Waals surface area contributed by atoms with Crippen molar-refractivity contribution < 1.29 is 9.59 Å². The molecule has 0 bridgehead atoms. The zero-order valence-electron chi connectivity index (χ0n) is 10.5. The molecule has 2 amide bonds. The molecular formula is C13H15N3O2S. The van der Waals surface area contributed by atoms with Gasteiger partial charge in [0.25, 0.3) is 0 Å². The number of hydrogen-bond donors (Lipinski definition) is 2. The topological polar surface area (TPSA) is 61.4 Å². The van der Waals surface area contributed by atoms with Gasteiger partial charge in [-0.25, -0.2) is 10.4 Å². The number of piperidine rings is 1. The Morgan fingerprint density at radius 2 is 2.00 bits per heavy atom. The molecule has 19 heavy (non-hydrogen) atoms. The molecule has 0 aromatic heterocycles. The summed E-state index contributed by atoms with van der Waals surface area (Å²) in [4.78, 5) is 24.1. The number of carbonyl (C=O) groups excluding carboxylic acids is 2. The van der Waals surface area contributed by atoms with Gasteiger partial charge in [-0.1, -0.05) is 18.2 Å². The van der Waals surface area contributed by atoms with Gasteiger partial charge >= 0.3 is 0 Å². The van der Waals surface area contributed by atoms with Crippen molar-refractivity contribution in [1.29, 1.82) is 0 Å². The largest absolute Gasteiger partial charge is 0.343 e. The van der Waals surface area contributed by atoms with E-state index in [0.29, 0.717) is 6.42 Å². The van der Waals surface area contributed by atoms with Crippen molar-refractivity contribution in [2.75, 3.05) is 11.3 Å². The van der Waals surface area contributed by atoms with E-state index in [2.05, 4.69) is 10.7 Å². The van der Waals surface area contributed by atoms with Crippen LogP contribution in [0.25, 0.3) is 0 Å². The van der Waals surface area contributed by atoms with Crippen molar-refractivity contribution in [3.05, 3.63) is 30.3 Å². The van der Waals surface area contributed by atoms with Crippen LogP contribution in [0.3, 0.4) is 0 Å². The molecule has 2 N–H and O–H groups in total. The average molecular weight is 277 g/mol. The fourth-order valence-electron chi connectivity index (χ4n) is 2.64. The molecule has 3 unspecified atom stereocenters. The Kier molecular flexibility index (Phi) is 3.20. The maximum Gasteiger partial charge on any atom is 0.249 e. The fraction of sp³-hybridized carbons (Fsp3) is 0.385. The number of rotatable bonds is 2. The standard InChI is InChI=1S/C13H15N3O2S/c1-19-12-11-9(7-10(17)14-12)15-16(13(11)18)8-5-3-2-4-6-8/h2-6,9,11-12,15H,7H2,1H3,(H,14,17). The summed E-state index contributed by atoms with van der Waals surface area (Å²) >= 11 is 1.51. The molecule has 3 rings (SSSR count). The third-order valence-electron chi connectivity index (χ3n) is 3.54. The van der Waals surface area contributed by atoms with Gasteiger partial charge in [-0.15, -0.1) is 11.8 Å². The zero-order valence-corrected chi connectivity index (χ0v) is 11.3. The van der Waals surface area contributed by atoms with Crippen LogP contribution in [0.1, 0.15) is 6.42 Å². The SMILES string of the molecule is CSC1NC(=O)CC2NN(c3ccccc3)C(=O)C21. The van der Waals surface area contributed by atoms with Crippen LogP contribution in [0.2, 0.25) is 0 Å². The molecule has 100 valence electrons. The van der Waals surface area contributed by atoms with E-state index < -0.39 is 0 Å². The predicted molar refractivity (Wildman–Crippen MR) is 74.4 cm³/mol. The summed E-state index contributed by atoms with van der Waals surface area (Å²) in [5.74, 6) is -0.181. The molecule has 6 heteroatoms. The zero-order chi connectivity index (χ0) is 13.4. The van der Waals surface area contributed by atoms with Crippen LogP contribution in [0, 0.1) is 5.92 Å². The Morgan fingerprint density at radius 3 is 2.68 bits per heavy atom. The highest BCUT2D eigenvalue weighted by molar-refractivity contribution is 7.99. The molecule has 2 fully saturated rings. The van der Waals surface area contributed by atoms with E-state index in [9.17, 15) is 9.59 Å². The molecule has 2 aliphatic heterocycles. The lowest BCUT2D eigenvalue weighted by molar-refractivity contribution is -0.126. The van der Waals surface area contributed by atoms with Crippen molar-refractivity contribution in [1.82, 2.24) is 10.7 Å². The van der Waals surface area contributed by atoms with Gasteiger partial charge in [0.2, 0.25) is 11.8 Å². The molecule has 2 saturated heterocycles. The summed E-state index contributed by atoms with van der Waals surface area (Å²) in [5, 5.41) is 4.29. The number of carbonyl (C=O) groups is 2. The van der Waals surface area contributed by atoms with Gasteiger partial charge in [-0.3, -0.25) is 9.59 Å². The van der Waals surface area contributed by atoms with Gasteiger partial charge in [0.15, 0.2) is 0 Å². The summed E-state index contributed by atoms with van der Waals surface area (Å²) in [7, 11) is 0. The van der Waals surface area contributed by atoms with Crippen molar-refractivity contribution >= 4 is 29.3 Å². The lowest BCUT2D eigenvalue weighted by Gasteiger charge is -2.30. The summed E-state index contributed by atoms with van der Waals surface area (Å²) in [6, 6.07) is 9.34. The molecule has 1 aromatic rings. The van der Waals surface area contributed by atoms with E-state index in [-0.39, 0.29) is 29.1 Å². The molecule has 0 saturated carbocycles. The molecule has 3 atom stereocenters. The van der Waals surface area contributed by atoms with Gasteiger partial charge in [0, 0.05) is 6.42 Å². The van der Waals surface area contributed by atoms with Gasteiger partial charge in [0.05, 0.1) is 23.0 Å². The van der Waals surface area contributed by atoms with E-state index in [4.69, 9.17) is 0 Å². The average Bonchev–Trinajstić information content (AvgIpc) is 2.76. The van der Waals surface area contributed by atoms with Crippen molar-refractivity contribution in [3.8, 4) is 0 Å². The van der Waals surface area contributed by atoms with Crippen LogP contribution >= 0.6 is 11.8 Å². The first-order valence-electron chi connectivity index (χ1n) is 6.18. The quantitative estimate of drug-likeness (QED) is 0.837. The number of thioether (sulfide) groups is 1. The van der Waals surface area contributed by atoms with E-state index in [0.717, 1.165) is 5.69 Å². The first-order chi connectivity index (χ1) is 9.20. The molecular weight excluding hydrogens is 262 g/mol. The summed E-state index contributed by atoms with van der Waals surface area (Å²) < 4.78 is 0. The molecule has 0 aliphatic carbocycles. The number of nitrogens with one attached hydrogen (secondary N) is 2. The van der Waals surface area contributed by atoms with Gasteiger partial charge in [-0.05, 0) is 18.4 Å². The fourth-order valence-corrected chi connectivity index (χ4v) is 3.48. The first-order valence-corrected chi connectivity index (χ1v) is 7.47. The highest BCUT2D eigenvalue weighted by Gasteiger charge is 2.49. The van der Waals surface area contributed by atoms with E-state index in [1.807, 2.05) is 36.6 Å². The number of nitrogens with zero attached hydrogens (tertiary/aromatic N) is 1. The van der Waals surface area contributed by atoms with E-state index >= 15 is 0 Å². The second-order valence-electron chi connectivity index (χ2n) is 4.70. The Morgan fingerprint density at radius 1 is 1.26 bits per heavy atom. The second kappa shape index (κ2) is 4.86. The van der Waals surface area contributed by atoms with Crippen molar-refractivity contribution in [2.24, 2.45) is 5.92 Å². The van der Waals surface area contributed by atoms with Crippen LogP contribution in [0.15, 0.2) is 30.3 Å². The Labute approximate surface area is 115 Å². The van der Waals surface area contributed by atoms with Crippen LogP contribution in [0.4, 0.5) is 5.69 Å². The second-order valence-corrected chi connectivity index (χ2v) is 5.68. The normalized spacial score (nSPS) is 30.2.